The van der Waals surface area contributed by atoms with Crippen molar-refractivity contribution in [1.82, 2.24) is 5.43 Å². The summed E-state index contributed by atoms with van der Waals surface area (Å²) >= 11 is 0. The van der Waals surface area contributed by atoms with Crippen LogP contribution in [0.3, 0.4) is 0 Å². The number of aryl methyl sites for hydroxylation is 1. The Morgan fingerprint density at radius 3 is 2.40 bits per heavy atom. The monoisotopic (exact) mass is 469 g/mol. The number of para-hydroxylation sites is 1. The topological polar surface area (TPSA) is 79.8 Å². The number of hydrazone groups is 1. The van der Waals surface area contributed by atoms with Gasteiger partial charge in [-0.2, -0.15) is 5.10 Å². The zero-order valence-electron chi connectivity index (χ0n) is 20.2. The largest absolute Gasteiger partial charge is 0.483 e. The molecule has 0 spiro atoms. The molecule has 0 aromatic heterocycles. The molecule has 35 heavy (non-hydrogen) atoms. The molecule has 4 rings (SSSR count). The molecule has 0 unspecified atom stereocenters. The minimum Gasteiger partial charge on any atom is -0.483 e. The SMILES string of the molecule is Cc1cccc(OCC(=O)Nc2ccccc2C(=O)NN=C2CCC(c3ccccc3)CC2)c1C. The maximum atomic E-state index is 12.8. The van der Waals surface area contributed by atoms with Crippen molar-refractivity contribution >= 4 is 23.2 Å². The first-order chi connectivity index (χ1) is 17.0. The third-order valence-electron chi connectivity index (χ3n) is 6.51. The summed E-state index contributed by atoms with van der Waals surface area (Å²) in [6, 6.07) is 23.2. The number of nitrogens with zero attached hydrogens (tertiary/aromatic N) is 1. The van der Waals surface area contributed by atoms with E-state index >= 15 is 0 Å². The highest BCUT2D eigenvalue weighted by Gasteiger charge is 2.20. The number of hydrogen-bond donors (Lipinski definition) is 2. The predicted octanol–water partition coefficient (Wildman–Crippen LogP) is 5.76. The molecule has 3 aromatic rings. The summed E-state index contributed by atoms with van der Waals surface area (Å²) in [7, 11) is 0. The Kier molecular flexibility index (Phi) is 7.93. The van der Waals surface area contributed by atoms with Gasteiger partial charge in [0, 0.05) is 5.71 Å². The zero-order chi connectivity index (χ0) is 24.6. The number of amides is 2. The van der Waals surface area contributed by atoms with Crippen LogP contribution < -0.4 is 15.5 Å². The van der Waals surface area contributed by atoms with E-state index in [0.717, 1.165) is 42.5 Å². The minimum atomic E-state index is -0.353. The first-order valence-corrected chi connectivity index (χ1v) is 12.0. The van der Waals surface area contributed by atoms with E-state index in [1.165, 1.54) is 5.56 Å². The standard InChI is InChI=1S/C29H31N3O3/c1-20-9-8-14-27(21(20)2)35-19-28(33)30-26-13-7-6-12-25(26)29(34)32-31-24-17-15-23(16-18-24)22-10-4-3-5-11-22/h3-14,23H,15-19H2,1-2H3,(H,30,33)(H,32,34). The molecular weight excluding hydrogens is 438 g/mol. The third-order valence-corrected chi connectivity index (χ3v) is 6.51. The number of carbonyl (C=O) groups excluding carboxylic acids is 2. The molecule has 0 bridgehead atoms. The molecule has 0 saturated heterocycles. The van der Waals surface area contributed by atoms with Crippen molar-refractivity contribution in [2.45, 2.75) is 45.4 Å². The Bertz CT molecular complexity index is 1210. The lowest BCUT2D eigenvalue weighted by Crippen LogP contribution is -2.25. The molecule has 0 heterocycles. The second-order valence-electron chi connectivity index (χ2n) is 8.88. The molecule has 6 heteroatoms. The van der Waals surface area contributed by atoms with Gasteiger partial charge in [-0.25, -0.2) is 5.43 Å². The molecular formula is C29H31N3O3. The molecule has 1 aliphatic rings. The van der Waals surface area contributed by atoms with Gasteiger partial charge in [0.25, 0.3) is 11.8 Å². The van der Waals surface area contributed by atoms with E-state index < -0.39 is 0 Å². The number of nitrogens with one attached hydrogen (secondary N) is 2. The Hall–Kier alpha value is -3.93. The van der Waals surface area contributed by atoms with E-state index in [0.29, 0.717) is 22.9 Å². The summed E-state index contributed by atoms with van der Waals surface area (Å²) in [5.74, 6) is 0.516. The number of rotatable bonds is 7. The maximum Gasteiger partial charge on any atom is 0.273 e. The minimum absolute atomic E-state index is 0.148. The van der Waals surface area contributed by atoms with E-state index in [1.807, 2.05) is 38.1 Å². The Balaban J connectivity index is 1.32. The van der Waals surface area contributed by atoms with Gasteiger partial charge in [-0.15, -0.1) is 0 Å². The first kappa shape index (κ1) is 24.2. The summed E-state index contributed by atoms with van der Waals surface area (Å²) in [5, 5.41) is 7.17. The molecule has 3 aromatic carbocycles. The van der Waals surface area contributed by atoms with Crippen LogP contribution in [-0.4, -0.2) is 24.1 Å². The second kappa shape index (κ2) is 11.5. The molecule has 180 valence electrons. The highest BCUT2D eigenvalue weighted by molar-refractivity contribution is 6.04. The van der Waals surface area contributed by atoms with Crippen LogP contribution in [0.25, 0.3) is 0 Å². The number of hydrogen-bond acceptors (Lipinski definition) is 4. The fourth-order valence-corrected chi connectivity index (χ4v) is 4.31. The molecule has 0 radical (unpaired) electrons. The van der Waals surface area contributed by atoms with Crippen LogP contribution in [0.15, 0.2) is 77.9 Å². The Morgan fingerprint density at radius 2 is 1.63 bits per heavy atom. The number of anilines is 1. The average Bonchev–Trinajstić information content (AvgIpc) is 2.89. The lowest BCUT2D eigenvalue weighted by Gasteiger charge is -2.23. The second-order valence-corrected chi connectivity index (χ2v) is 8.88. The van der Waals surface area contributed by atoms with Gasteiger partial charge in [-0.1, -0.05) is 54.6 Å². The highest BCUT2D eigenvalue weighted by atomic mass is 16.5. The van der Waals surface area contributed by atoms with Crippen LogP contribution in [0.5, 0.6) is 5.75 Å². The van der Waals surface area contributed by atoms with Crippen molar-refractivity contribution < 1.29 is 14.3 Å². The van der Waals surface area contributed by atoms with E-state index in [9.17, 15) is 9.59 Å². The van der Waals surface area contributed by atoms with Crippen LogP contribution in [0.1, 0.15) is 58.6 Å². The molecule has 1 aliphatic carbocycles. The van der Waals surface area contributed by atoms with Crippen LogP contribution in [0.2, 0.25) is 0 Å². The lowest BCUT2D eigenvalue weighted by atomic mass is 9.83. The van der Waals surface area contributed by atoms with Crippen molar-refractivity contribution in [3.8, 4) is 5.75 Å². The van der Waals surface area contributed by atoms with E-state index in [4.69, 9.17) is 4.74 Å². The quantitative estimate of drug-likeness (QED) is 0.432. The van der Waals surface area contributed by atoms with Gasteiger partial charge in [0.05, 0.1) is 11.3 Å². The summed E-state index contributed by atoms with van der Waals surface area (Å²) < 4.78 is 5.68. The third kappa shape index (κ3) is 6.35. The summed E-state index contributed by atoms with van der Waals surface area (Å²) in [5.41, 5.74) is 7.91. The van der Waals surface area contributed by atoms with Gasteiger partial charge in [-0.05, 0) is 80.3 Å². The summed E-state index contributed by atoms with van der Waals surface area (Å²) in [6.07, 6.45) is 3.75. The predicted molar refractivity (Wildman–Crippen MR) is 139 cm³/mol. The molecule has 2 N–H and O–H groups in total. The summed E-state index contributed by atoms with van der Waals surface area (Å²) in [4.78, 5) is 25.4. The zero-order valence-corrected chi connectivity index (χ0v) is 20.2. The summed E-state index contributed by atoms with van der Waals surface area (Å²) in [6.45, 7) is 3.80. The lowest BCUT2D eigenvalue weighted by molar-refractivity contribution is -0.118. The van der Waals surface area contributed by atoms with Crippen molar-refractivity contribution in [2.75, 3.05) is 11.9 Å². The van der Waals surface area contributed by atoms with Crippen molar-refractivity contribution in [3.63, 3.8) is 0 Å². The van der Waals surface area contributed by atoms with Crippen LogP contribution in [-0.2, 0) is 4.79 Å². The first-order valence-electron chi connectivity index (χ1n) is 12.0. The van der Waals surface area contributed by atoms with Crippen LogP contribution in [0, 0.1) is 13.8 Å². The van der Waals surface area contributed by atoms with Gasteiger partial charge in [0.2, 0.25) is 0 Å². The normalized spacial score (nSPS) is 15.3. The van der Waals surface area contributed by atoms with Crippen molar-refractivity contribution in [1.29, 1.82) is 0 Å². The number of carbonyl (C=O) groups is 2. The van der Waals surface area contributed by atoms with Crippen molar-refractivity contribution in [3.05, 3.63) is 95.1 Å². The maximum absolute atomic E-state index is 12.8. The van der Waals surface area contributed by atoms with E-state index in [1.54, 1.807) is 24.3 Å². The molecule has 1 saturated carbocycles. The van der Waals surface area contributed by atoms with Gasteiger partial charge in [-0.3, -0.25) is 9.59 Å². The fraction of sp³-hybridized carbons (Fsp3) is 0.276. The fourth-order valence-electron chi connectivity index (χ4n) is 4.31. The van der Waals surface area contributed by atoms with Gasteiger partial charge < -0.3 is 10.1 Å². The number of benzene rings is 3. The molecule has 2 amide bonds. The van der Waals surface area contributed by atoms with Crippen LogP contribution >= 0.6 is 0 Å². The smallest absolute Gasteiger partial charge is 0.273 e. The molecule has 1 fully saturated rings. The number of ether oxygens (including phenoxy) is 1. The van der Waals surface area contributed by atoms with Gasteiger partial charge in [0.15, 0.2) is 6.61 Å². The average molecular weight is 470 g/mol. The van der Waals surface area contributed by atoms with Gasteiger partial charge in [0.1, 0.15) is 5.75 Å². The molecule has 0 atom stereocenters. The van der Waals surface area contributed by atoms with Gasteiger partial charge >= 0.3 is 0 Å². The molecule has 0 aliphatic heterocycles. The van der Waals surface area contributed by atoms with E-state index in [2.05, 4.69) is 40.1 Å². The highest BCUT2D eigenvalue weighted by Crippen LogP contribution is 2.31. The Morgan fingerprint density at radius 1 is 0.914 bits per heavy atom. The Labute approximate surface area is 206 Å². The van der Waals surface area contributed by atoms with Crippen LogP contribution in [0.4, 0.5) is 5.69 Å². The van der Waals surface area contributed by atoms with Crippen molar-refractivity contribution in [2.24, 2.45) is 5.10 Å². The van der Waals surface area contributed by atoms with E-state index in [-0.39, 0.29) is 18.4 Å². The molecule has 6 nitrogen and oxygen atoms in total.